The van der Waals surface area contributed by atoms with Gasteiger partial charge in [0, 0.05) is 6.92 Å². The summed E-state index contributed by atoms with van der Waals surface area (Å²) in [6.07, 6.45) is 0. The molecule has 0 aliphatic carbocycles. The predicted octanol–water partition coefficient (Wildman–Crippen LogP) is 0.840. The third-order valence-electron chi connectivity index (χ3n) is 2.52. The fourth-order valence-corrected chi connectivity index (χ4v) is 0.784. The molecule has 0 saturated carbocycles. The van der Waals surface area contributed by atoms with Gasteiger partial charge in [-0.25, -0.2) is 0 Å². The fourth-order valence-electron chi connectivity index (χ4n) is 0.784. The molecule has 0 aromatic heterocycles. The molecule has 76 valence electrons. The number of amides is 1. The summed E-state index contributed by atoms with van der Waals surface area (Å²) in [4.78, 5) is 21.8. The molecule has 13 heavy (non-hydrogen) atoms. The molecule has 0 aliphatic heterocycles. The zero-order valence-electron chi connectivity index (χ0n) is 8.80. The van der Waals surface area contributed by atoms with Crippen molar-refractivity contribution in [3.05, 3.63) is 0 Å². The number of carbonyl (C=O) groups excluding carboxylic acids is 2. The molecule has 0 bridgehead atoms. The molecule has 1 amide bonds. The van der Waals surface area contributed by atoms with Crippen LogP contribution < -0.4 is 5.73 Å². The Morgan fingerprint density at radius 3 is 1.77 bits per heavy atom. The number of rotatable bonds is 3. The van der Waals surface area contributed by atoms with Gasteiger partial charge in [-0.3, -0.25) is 9.59 Å². The summed E-state index contributed by atoms with van der Waals surface area (Å²) in [5.74, 6) is -0.905. The summed E-state index contributed by atoms with van der Waals surface area (Å²) in [6.45, 7) is 7.94. The minimum atomic E-state index is -0.884. The van der Waals surface area contributed by atoms with Gasteiger partial charge >= 0.3 is 5.97 Å². The van der Waals surface area contributed by atoms with Gasteiger partial charge in [0.2, 0.25) is 5.91 Å². The van der Waals surface area contributed by atoms with Crippen molar-refractivity contribution in [2.24, 2.45) is 11.1 Å². The van der Waals surface area contributed by atoms with Crippen LogP contribution in [0.1, 0.15) is 34.6 Å². The Hall–Kier alpha value is -1.06. The lowest BCUT2D eigenvalue weighted by molar-refractivity contribution is -0.169. The Bertz CT molecular complexity index is 231. The first kappa shape index (κ1) is 11.9. The van der Waals surface area contributed by atoms with E-state index in [4.69, 9.17) is 10.5 Å². The topological polar surface area (TPSA) is 69.4 Å². The Kier molecular flexibility index (Phi) is 3.08. The molecule has 0 radical (unpaired) electrons. The molecular formula is C9H17NO3. The zero-order chi connectivity index (χ0) is 10.9. The summed E-state index contributed by atoms with van der Waals surface area (Å²) < 4.78 is 5.02. The molecule has 0 aliphatic rings. The van der Waals surface area contributed by atoms with E-state index in [1.165, 1.54) is 6.92 Å². The zero-order valence-corrected chi connectivity index (χ0v) is 8.80. The summed E-state index contributed by atoms with van der Waals surface area (Å²) >= 11 is 0. The van der Waals surface area contributed by atoms with Crippen LogP contribution in [0.25, 0.3) is 0 Å². The third-order valence-corrected chi connectivity index (χ3v) is 2.52. The van der Waals surface area contributed by atoms with Crippen molar-refractivity contribution in [2.45, 2.75) is 40.2 Å². The van der Waals surface area contributed by atoms with E-state index >= 15 is 0 Å². The van der Waals surface area contributed by atoms with Crippen molar-refractivity contribution in [2.75, 3.05) is 0 Å². The normalized spacial score (nSPS) is 12.4. The molecule has 0 fully saturated rings. The first-order valence-corrected chi connectivity index (χ1v) is 4.11. The highest BCUT2D eigenvalue weighted by Gasteiger charge is 2.44. The second-order valence-corrected chi connectivity index (χ2v) is 4.09. The summed E-state index contributed by atoms with van der Waals surface area (Å²) in [7, 11) is 0. The van der Waals surface area contributed by atoms with Crippen molar-refractivity contribution >= 4 is 11.9 Å². The average Bonchev–Trinajstić information content (AvgIpc) is 1.83. The van der Waals surface area contributed by atoms with E-state index in [0.29, 0.717) is 0 Å². The smallest absolute Gasteiger partial charge is 0.303 e. The van der Waals surface area contributed by atoms with Gasteiger partial charge in [0.05, 0.1) is 5.41 Å². The number of hydrogen-bond donors (Lipinski definition) is 1. The predicted molar refractivity (Wildman–Crippen MR) is 48.8 cm³/mol. The quantitative estimate of drug-likeness (QED) is 0.665. The molecule has 0 aromatic carbocycles. The molecule has 4 heteroatoms. The van der Waals surface area contributed by atoms with Crippen LogP contribution >= 0.6 is 0 Å². The van der Waals surface area contributed by atoms with Crippen molar-refractivity contribution in [1.29, 1.82) is 0 Å². The lowest BCUT2D eigenvalue weighted by Crippen LogP contribution is -2.50. The van der Waals surface area contributed by atoms with Gasteiger partial charge in [0.1, 0.15) is 5.60 Å². The third kappa shape index (κ3) is 2.44. The van der Waals surface area contributed by atoms with Crippen molar-refractivity contribution in [3.63, 3.8) is 0 Å². The second kappa shape index (κ2) is 3.36. The largest absolute Gasteiger partial charge is 0.459 e. The van der Waals surface area contributed by atoms with E-state index < -0.39 is 22.9 Å². The Labute approximate surface area is 78.4 Å². The van der Waals surface area contributed by atoms with E-state index in [1.54, 1.807) is 27.7 Å². The lowest BCUT2D eigenvalue weighted by Gasteiger charge is -2.37. The highest BCUT2D eigenvalue weighted by molar-refractivity contribution is 5.82. The Balaban J connectivity index is 4.80. The Morgan fingerprint density at radius 1 is 1.15 bits per heavy atom. The van der Waals surface area contributed by atoms with Crippen molar-refractivity contribution in [3.8, 4) is 0 Å². The van der Waals surface area contributed by atoms with Gasteiger partial charge in [-0.05, 0) is 27.7 Å². The number of primary amides is 1. The monoisotopic (exact) mass is 187 g/mol. The molecule has 0 aromatic rings. The highest BCUT2D eigenvalue weighted by Crippen LogP contribution is 2.33. The molecule has 0 unspecified atom stereocenters. The van der Waals surface area contributed by atoms with Crippen LogP contribution in [0.4, 0.5) is 0 Å². The molecule has 0 rings (SSSR count). The molecular weight excluding hydrogens is 170 g/mol. The fraction of sp³-hybridized carbons (Fsp3) is 0.778. The maximum atomic E-state index is 11.1. The molecule has 0 heterocycles. The number of ether oxygens (including phenoxy) is 1. The SMILES string of the molecule is CC(=O)OC(C)(C)C(C)(C)C(N)=O. The molecule has 0 atom stereocenters. The van der Waals surface area contributed by atoms with Gasteiger partial charge < -0.3 is 10.5 Å². The van der Waals surface area contributed by atoms with Crippen molar-refractivity contribution < 1.29 is 14.3 Å². The minimum absolute atomic E-state index is 0.417. The molecule has 4 nitrogen and oxygen atoms in total. The summed E-state index contributed by atoms with van der Waals surface area (Å²) in [5, 5.41) is 0. The number of esters is 1. The number of hydrogen-bond acceptors (Lipinski definition) is 3. The number of nitrogens with two attached hydrogens (primary N) is 1. The van der Waals surface area contributed by atoms with Gasteiger partial charge in [-0.15, -0.1) is 0 Å². The number of carbonyl (C=O) groups is 2. The first-order chi connectivity index (χ1) is 5.61. The van der Waals surface area contributed by atoms with E-state index in [1.807, 2.05) is 0 Å². The highest BCUT2D eigenvalue weighted by atomic mass is 16.6. The van der Waals surface area contributed by atoms with Crippen LogP contribution in [0.15, 0.2) is 0 Å². The van der Waals surface area contributed by atoms with Gasteiger partial charge in [-0.2, -0.15) is 0 Å². The van der Waals surface area contributed by atoms with Gasteiger partial charge in [-0.1, -0.05) is 0 Å². The van der Waals surface area contributed by atoms with Crippen molar-refractivity contribution in [1.82, 2.24) is 0 Å². The van der Waals surface area contributed by atoms with Gasteiger partial charge in [0.15, 0.2) is 0 Å². The van der Waals surface area contributed by atoms with Crippen LogP contribution in [0.5, 0.6) is 0 Å². The molecule has 0 spiro atoms. The van der Waals surface area contributed by atoms with Gasteiger partial charge in [0.25, 0.3) is 0 Å². The first-order valence-electron chi connectivity index (χ1n) is 4.11. The standard InChI is InChI=1S/C9H17NO3/c1-6(11)13-9(4,5)8(2,3)7(10)12/h1-5H3,(H2,10,12). The Morgan fingerprint density at radius 2 is 1.54 bits per heavy atom. The maximum absolute atomic E-state index is 11.1. The van der Waals surface area contributed by atoms with E-state index in [-0.39, 0.29) is 0 Å². The maximum Gasteiger partial charge on any atom is 0.303 e. The minimum Gasteiger partial charge on any atom is -0.459 e. The van der Waals surface area contributed by atoms with E-state index in [0.717, 1.165) is 0 Å². The summed E-state index contributed by atoms with van der Waals surface area (Å²) in [6, 6.07) is 0. The lowest BCUT2D eigenvalue weighted by atomic mass is 9.76. The molecule has 0 saturated heterocycles. The van der Waals surface area contributed by atoms with Crippen LogP contribution in [0, 0.1) is 5.41 Å². The molecule has 2 N–H and O–H groups in total. The summed E-state index contributed by atoms with van der Waals surface area (Å²) in [5.41, 5.74) is 3.44. The van der Waals surface area contributed by atoms with Crippen LogP contribution in [-0.4, -0.2) is 17.5 Å². The van der Waals surface area contributed by atoms with E-state index in [2.05, 4.69) is 0 Å². The van der Waals surface area contributed by atoms with E-state index in [9.17, 15) is 9.59 Å². The van der Waals surface area contributed by atoms with Crippen LogP contribution in [0.3, 0.4) is 0 Å². The van der Waals surface area contributed by atoms with Crippen LogP contribution in [0.2, 0.25) is 0 Å². The average molecular weight is 187 g/mol. The van der Waals surface area contributed by atoms with Crippen LogP contribution in [-0.2, 0) is 14.3 Å². The second-order valence-electron chi connectivity index (χ2n) is 4.09.